The Balaban J connectivity index is 1.41. The molecule has 0 spiro atoms. The molecule has 0 N–H and O–H groups in total. The lowest BCUT2D eigenvalue weighted by atomic mass is 10.1. The minimum absolute atomic E-state index is 0.0169. The normalized spacial score (nSPS) is 11.2. The number of carbonyl (C=O) groups excluding carboxylic acids is 1. The predicted molar refractivity (Wildman–Crippen MR) is 115 cm³/mol. The highest BCUT2D eigenvalue weighted by molar-refractivity contribution is 7.13. The number of nitrogens with zero attached hydrogens (tertiary/aromatic N) is 2. The zero-order valence-corrected chi connectivity index (χ0v) is 16.6. The van der Waals surface area contributed by atoms with Crippen molar-refractivity contribution >= 4 is 39.1 Å². The first kappa shape index (κ1) is 18.3. The third-order valence-electron chi connectivity index (χ3n) is 4.87. The van der Waals surface area contributed by atoms with Crippen molar-refractivity contribution in [2.24, 2.45) is 0 Å². The van der Waals surface area contributed by atoms with E-state index in [0.717, 1.165) is 4.88 Å². The van der Waals surface area contributed by atoms with Crippen molar-refractivity contribution in [2.45, 2.75) is 13.2 Å². The Bertz CT molecular complexity index is 1360. The van der Waals surface area contributed by atoms with Crippen LogP contribution in [0.25, 0.3) is 32.4 Å². The van der Waals surface area contributed by atoms with E-state index in [1.807, 2.05) is 58.5 Å². The van der Waals surface area contributed by atoms with Crippen LogP contribution in [0.3, 0.4) is 0 Å². The Kier molecular flexibility index (Phi) is 4.65. The van der Waals surface area contributed by atoms with Crippen molar-refractivity contribution in [3.05, 3.63) is 88.0 Å². The Morgan fingerprint density at radius 3 is 2.37 bits per heavy atom. The molecule has 0 aliphatic heterocycles. The van der Waals surface area contributed by atoms with Crippen LogP contribution >= 0.6 is 11.3 Å². The number of esters is 1. The fraction of sp³-hybridized carbons (Fsp3) is 0.0870. The van der Waals surface area contributed by atoms with Crippen molar-refractivity contribution in [3.8, 4) is 10.6 Å². The van der Waals surface area contributed by atoms with Crippen molar-refractivity contribution in [3.63, 3.8) is 0 Å². The summed E-state index contributed by atoms with van der Waals surface area (Å²) in [6.07, 6.45) is 0. The molecule has 5 aromatic rings. The van der Waals surface area contributed by atoms with Gasteiger partial charge in [0.1, 0.15) is 18.8 Å². The summed E-state index contributed by atoms with van der Waals surface area (Å²) in [7, 11) is 0. The lowest BCUT2D eigenvalue weighted by Gasteiger charge is -2.14. The van der Waals surface area contributed by atoms with Gasteiger partial charge in [0.15, 0.2) is 11.2 Å². The van der Waals surface area contributed by atoms with Crippen molar-refractivity contribution < 1.29 is 14.1 Å². The lowest BCUT2D eigenvalue weighted by Crippen LogP contribution is -2.18. The average Bonchev–Trinajstić information content (AvgIpc) is 3.47. The molecule has 0 radical (unpaired) electrons. The predicted octanol–water partition coefficient (Wildman–Crippen LogP) is 4.61. The number of thiophene rings is 1. The quantitative estimate of drug-likeness (QED) is 0.309. The third-order valence-corrected chi connectivity index (χ3v) is 5.75. The fourth-order valence-corrected chi connectivity index (χ4v) is 4.16. The first-order chi connectivity index (χ1) is 14.7. The van der Waals surface area contributed by atoms with E-state index in [1.54, 1.807) is 29.5 Å². The summed E-state index contributed by atoms with van der Waals surface area (Å²) in [4.78, 5) is 26.4. The molecule has 0 saturated carbocycles. The van der Waals surface area contributed by atoms with Crippen LogP contribution in [0.5, 0.6) is 0 Å². The molecule has 0 aliphatic rings. The van der Waals surface area contributed by atoms with Crippen LogP contribution in [0.15, 0.2) is 81.4 Å². The Morgan fingerprint density at radius 2 is 1.70 bits per heavy atom. The second kappa shape index (κ2) is 7.61. The van der Waals surface area contributed by atoms with Gasteiger partial charge in [-0.15, -0.1) is 11.3 Å². The number of benzene rings is 2. The van der Waals surface area contributed by atoms with Crippen LogP contribution in [-0.2, 0) is 22.7 Å². The number of hydrogen-bond donors (Lipinski definition) is 0. The van der Waals surface area contributed by atoms with Gasteiger partial charge in [-0.1, -0.05) is 35.5 Å². The molecular weight excluding hydrogens is 400 g/mol. The van der Waals surface area contributed by atoms with Gasteiger partial charge in [-0.2, -0.15) is 0 Å². The van der Waals surface area contributed by atoms with Crippen LogP contribution in [0.2, 0.25) is 0 Å². The van der Waals surface area contributed by atoms with Gasteiger partial charge in [0.25, 0.3) is 0 Å². The smallest absolute Gasteiger partial charge is 0.326 e. The molecule has 0 aliphatic carbocycles. The van der Waals surface area contributed by atoms with Gasteiger partial charge in [-0.3, -0.25) is 9.59 Å². The summed E-state index contributed by atoms with van der Waals surface area (Å²) in [5.41, 5.74) is 1.88. The Hall–Kier alpha value is -3.71. The van der Waals surface area contributed by atoms with E-state index in [-0.39, 0.29) is 18.6 Å². The maximum Gasteiger partial charge on any atom is 0.326 e. The van der Waals surface area contributed by atoms with Crippen LogP contribution in [0, 0.1) is 0 Å². The average molecular weight is 416 g/mol. The number of para-hydroxylation sites is 2. The molecule has 3 aromatic heterocycles. The number of hydrogen-bond acceptors (Lipinski definition) is 6. The van der Waals surface area contributed by atoms with Gasteiger partial charge in [-0.05, 0) is 35.7 Å². The molecule has 0 bridgehead atoms. The summed E-state index contributed by atoms with van der Waals surface area (Å²) in [6.45, 7) is 0.000707. The standard InChI is InChI=1S/C23H16N2O4S/c26-22(28-14-15-12-20(29-24-15)21-10-5-11-30-21)13-25-18-8-3-1-6-16(18)23(27)17-7-2-4-9-19(17)25/h1-12H,13-14H2. The van der Waals surface area contributed by atoms with Gasteiger partial charge in [0.05, 0.1) is 15.9 Å². The number of rotatable bonds is 5. The largest absolute Gasteiger partial charge is 0.458 e. The zero-order chi connectivity index (χ0) is 20.5. The van der Waals surface area contributed by atoms with E-state index >= 15 is 0 Å². The molecule has 0 unspecified atom stereocenters. The minimum atomic E-state index is -0.422. The highest BCUT2D eigenvalue weighted by atomic mass is 32.1. The highest BCUT2D eigenvalue weighted by Crippen LogP contribution is 2.25. The molecule has 5 rings (SSSR count). The molecule has 0 fully saturated rings. The van der Waals surface area contributed by atoms with E-state index in [4.69, 9.17) is 9.26 Å². The molecule has 6 nitrogen and oxygen atoms in total. The minimum Gasteiger partial charge on any atom is -0.458 e. The zero-order valence-electron chi connectivity index (χ0n) is 15.8. The van der Waals surface area contributed by atoms with E-state index in [2.05, 4.69) is 5.16 Å². The molecule has 3 heterocycles. The summed E-state index contributed by atoms with van der Waals surface area (Å²) in [5, 5.41) is 7.06. The monoisotopic (exact) mass is 416 g/mol. The molecule has 0 atom stereocenters. The molecule has 148 valence electrons. The third kappa shape index (κ3) is 3.29. The van der Waals surface area contributed by atoms with Crippen molar-refractivity contribution in [1.82, 2.24) is 9.72 Å². The van der Waals surface area contributed by atoms with E-state index in [1.165, 1.54) is 0 Å². The van der Waals surface area contributed by atoms with Crippen LogP contribution in [0.1, 0.15) is 5.69 Å². The molecule has 2 aromatic carbocycles. The summed E-state index contributed by atoms with van der Waals surface area (Å²) in [5.74, 6) is 0.225. The summed E-state index contributed by atoms with van der Waals surface area (Å²) in [6, 6.07) is 20.2. The van der Waals surface area contributed by atoms with Crippen LogP contribution in [0.4, 0.5) is 0 Å². The van der Waals surface area contributed by atoms with Crippen LogP contribution in [-0.4, -0.2) is 15.7 Å². The van der Waals surface area contributed by atoms with Crippen molar-refractivity contribution in [1.29, 1.82) is 0 Å². The molecule has 0 saturated heterocycles. The van der Waals surface area contributed by atoms with Gasteiger partial charge in [0, 0.05) is 16.8 Å². The highest BCUT2D eigenvalue weighted by Gasteiger charge is 2.15. The second-order valence-electron chi connectivity index (χ2n) is 6.77. The van der Waals surface area contributed by atoms with E-state index in [0.29, 0.717) is 33.3 Å². The number of ether oxygens (including phenoxy) is 1. The molecule has 7 heteroatoms. The van der Waals surface area contributed by atoms with E-state index in [9.17, 15) is 9.59 Å². The number of aromatic nitrogens is 2. The van der Waals surface area contributed by atoms with Gasteiger partial charge in [0.2, 0.25) is 0 Å². The van der Waals surface area contributed by atoms with Gasteiger partial charge < -0.3 is 13.8 Å². The fourth-order valence-electron chi connectivity index (χ4n) is 3.49. The Morgan fingerprint density at radius 1 is 1.00 bits per heavy atom. The van der Waals surface area contributed by atoms with Gasteiger partial charge in [-0.25, -0.2) is 0 Å². The number of carbonyl (C=O) groups is 1. The number of fused-ring (bicyclic) bond motifs is 2. The van der Waals surface area contributed by atoms with E-state index < -0.39 is 5.97 Å². The molecule has 30 heavy (non-hydrogen) atoms. The maximum atomic E-state index is 12.8. The van der Waals surface area contributed by atoms with Gasteiger partial charge >= 0.3 is 5.97 Å². The lowest BCUT2D eigenvalue weighted by molar-refractivity contribution is -0.145. The number of pyridine rings is 1. The summed E-state index contributed by atoms with van der Waals surface area (Å²) >= 11 is 1.55. The second-order valence-corrected chi connectivity index (χ2v) is 7.72. The molecular formula is C23H16N2O4S. The first-order valence-corrected chi connectivity index (χ1v) is 10.2. The molecule has 0 amide bonds. The SMILES string of the molecule is O=C(Cn1c2ccccc2c(=O)c2ccccc21)OCc1cc(-c2cccs2)on1. The summed E-state index contributed by atoms with van der Waals surface area (Å²) < 4.78 is 12.6. The maximum absolute atomic E-state index is 12.8. The first-order valence-electron chi connectivity index (χ1n) is 9.36. The van der Waals surface area contributed by atoms with Crippen molar-refractivity contribution in [2.75, 3.05) is 0 Å². The Labute approximate surface area is 174 Å². The topological polar surface area (TPSA) is 74.3 Å². The van der Waals surface area contributed by atoms with Crippen LogP contribution < -0.4 is 5.43 Å².